The summed E-state index contributed by atoms with van der Waals surface area (Å²) in [6.07, 6.45) is -0.829. The van der Waals surface area contributed by atoms with Gasteiger partial charge in [-0.2, -0.15) is 0 Å². The van der Waals surface area contributed by atoms with Crippen molar-refractivity contribution in [3.8, 4) is 11.1 Å². The number of ether oxygens (including phenoxy) is 1. The molecule has 0 bridgehead atoms. The molecular weight excluding hydrogens is 364 g/mol. The van der Waals surface area contributed by atoms with Crippen molar-refractivity contribution in [3.63, 3.8) is 0 Å². The summed E-state index contributed by atoms with van der Waals surface area (Å²) in [6.45, 7) is 0. The number of carbonyl (C=O) groups is 2. The number of rotatable bonds is 6. The highest BCUT2D eigenvalue weighted by Crippen LogP contribution is 2.46. The number of benzene rings is 3. The fourth-order valence-corrected chi connectivity index (χ4v) is 4.12. The molecule has 146 valence electrons. The van der Waals surface area contributed by atoms with Crippen molar-refractivity contribution in [1.82, 2.24) is 5.32 Å². The first-order chi connectivity index (χ1) is 14.1. The molecule has 2 atom stereocenters. The Balaban J connectivity index is 1.70. The molecule has 3 aromatic rings. The first kappa shape index (κ1) is 18.9. The summed E-state index contributed by atoms with van der Waals surface area (Å²) >= 11 is 0. The topological polar surface area (TPSA) is 81.4 Å². The van der Waals surface area contributed by atoms with E-state index in [4.69, 9.17) is 10.5 Å². The van der Waals surface area contributed by atoms with Gasteiger partial charge in [-0.3, -0.25) is 9.59 Å². The van der Waals surface area contributed by atoms with Gasteiger partial charge in [-0.05, 0) is 27.8 Å². The lowest BCUT2D eigenvalue weighted by Gasteiger charge is -2.26. The molecule has 5 nitrogen and oxygen atoms in total. The molecule has 5 heteroatoms. The lowest BCUT2D eigenvalue weighted by molar-refractivity contribution is -0.135. The van der Waals surface area contributed by atoms with E-state index in [1.165, 1.54) is 7.11 Å². The minimum Gasteiger partial charge on any atom is -0.368 e. The first-order valence-corrected chi connectivity index (χ1v) is 9.47. The van der Waals surface area contributed by atoms with Gasteiger partial charge in [0.2, 0.25) is 5.91 Å². The van der Waals surface area contributed by atoms with Crippen molar-refractivity contribution in [2.24, 2.45) is 5.73 Å². The molecule has 0 saturated carbocycles. The lowest BCUT2D eigenvalue weighted by Crippen LogP contribution is -2.49. The fourth-order valence-electron chi connectivity index (χ4n) is 4.12. The number of hydrogen-bond acceptors (Lipinski definition) is 3. The number of nitrogens with two attached hydrogens (primary N) is 1. The van der Waals surface area contributed by atoms with E-state index in [0.29, 0.717) is 5.56 Å². The van der Waals surface area contributed by atoms with Gasteiger partial charge in [0.15, 0.2) is 6.10 Å². The van der Waals surface area contributed by atoms with Gasteiger partial charge < -0.3 is 15.8 Å². The van der Waals surface area contributed by atoms with Crippen LogP contribution in [0, 0.1) is 0 Å². The summed E-state index contributed by atoms with van der Waals surface area (Å²) in [5, 5.41) is 2.85. The van der Waals surface area contributed by atoms with E-state index >= 15 is 0 Å². The van der Waals surface area contributed by atoms with Crippen LogP contribution in [0.25, 0.3) is 11.1 Å². The zero-order valence-electron chi connectivity index (χ0n) is 16.0. The average molecular weight is 386 g/mol. The number of hydrogen-bond donors (Lipinski definition) is 2. The highest BCUT2D eigenvalue weighted by atomic mass is 16.5. The van der Waals surface area contributed by atoms with Crippen molar-refractivity contribution in [3.05, 3.63) is 95.6 Å². The quantitative estimate of drug-likeness (QED) is 0.683. The maximum absolute atomic E-state index is 13.0. The maximum atomic E-state index is 13.0. The minimum absolute atomic E-state index is 0.350. The van der Waals surface area contributed by atoms with E-state index in [1.54, 1.807) is 0 Å². The standard InChI is InChI=1S/C24H22N2O3/c1-29-22(15-9-3-2-4-10-15)24(28)26-21(23(25)27)20-18-13-7-5-11-16(18)17-12-6-8-14-19(17)20/h2-14,20-22H,1H3,(H2,25,27)(H,26,28)/t21-,22-/m0/s1. The van der Waals surface area contributed by atoms with E-state index in [9.17, 15) is 9.59 Å². The molecular formula is C24H22N2O3. The SMILES string of the molecule is CO[C@H](C(=O)N[C@H](C(N)=O)C1c2ccccc2-c2ccccc21)c1ccccc1. The van der Waals surface area contributed by atoms with Gasteiger partial charge in [0.25, 0.3) is 5.91 Å². The number of fused-ring (bicyclic) bond motifs is 3. The molecule has 0 spiro atoms. The molecule has 0 aromatic heterocycles. The summed E-state index contributed by atoms with van der Waals surface area (Å²) in [5.74, 6) is -1.33. The van der Waals surface area contributed by atoms with Crippen LogP contribution in [0.4, 0.5) is 0 Å². The predicted molar refractivity (Wildman–Crippen MR) is 111 cm³/mol. The molecule has 2 amide bonds. The van der Waals surface area contributed by atoms with E-state index in [0.717, 1.165) is 22.3 Å². The highest BCUT2D eigenvalue weighted by molar-refractivity contribution is 5.92. The minimum atomic E-state index is -0.895. The fraction of sp³-hybridized carbons (Fsp3) is 0.167. The Labute approximate surface area is 169 Å². The Bertz CT molecular complexity index is 1000. The molecule has 3 aromatic carbocycles. The van der Waals surface area contributed by atoms with Gasteiger partial charge in [0, 0.05) is 13.0 Å². The predicted octanol–water partition coefficient (Wildman–Crippen LogP) is 3.16. The van der Waals surface area contributed by atoms with E-state index in [2.05, 4.69) is 5.32 Å². The van der Waals surface area contributed by atoms with E-state index in [1.807, 2.05) is 78.9 Å². The molecule has 29 heavy (non-hydrogen) atoms. The third-order valence-electron chi connectivity index (χ3n) is 5.40. The van der Waals surface area contributed by atoms with Crippen molar-refractivity contribution >= 4 is 11.8 Å². The van der Waals surface area contributed by atoms with Crippen molar-refractivity contribution in [2.75, 3.05) is 7.11 Å². The Hall–Kier alpha value is -3.44. The Morgan fingerprint density at radius 3 is 1.90 bits per heavy atom. The van der Waals surface area contributed by atoms with Crippen molar-refractivity contribution < 1.29 is 14.3 Å². The van der Waals surface area contributed by atoms with Gasteiger partial charge in [-0.15, -0.1) is 0 Å². The first-order valence-electron chi connectivity index (χ1n) is 9.47. The zero-order valence-corrected chi connectivity index (χ0v) is 16.0. The molecule has 0 saturated heterocycles. The smallest absolute Gasteiger partial charge is 0.254 e. The summed E-state index contributed by atoms with van der Waals surface area (Å²) in [4.78, 5) is 25.5. The average Bonchev–Trinajstić information content (AvgIpc) is 3.07. The van der Waals surface area contributed by atoms with Crippen LogP contribution in [0.2, 0.25) is 0 Å². The number of methoxy groups -OCH3 is 1. The summed E-state index contributed by atoms with van der Waals surface area (Å²) in [6, 6.07) is 24.1. The van der Waals surface area contributed by atoms with Crippen LogP contribution in [0.15, 0.2) is 78.9 Å². The van der Waals surface area contributed by atoms with Crippen LogP contribution < -0.4 is 11.1 Å². The Morgan fingerprint density at radius 1 is 0.862 bits per heavy atom. The molecule has 1 aliphatic carbocycles. The van der Waals surface area contributed by atoms with Gasteiger partial charge in [-0.25, -0.2) is 0 Å². The largest absolute Gasteiger partial charge is 0.368 e. The molecule has 0 aliphatic heterocycles. The second-order valence-electron chi connectivity index (χ2n) is 7.07. The summed E-state index contributed by atoms with van der Waals surface area (Å²) in [5.41, 5.74) is 10.5. The van der Waals surface area contributed by atoms with Crippen molar-refractivity contribution in [2.45, 2.75) is 18.1 Å². The van der Waals surface area contributed by atoms with Gasteiger partial charge in [0.05, 0.1) is 0 Å². The third-order valence-corrected chi connectivity index (χ3v) is 5.40. The molecule has 3 N–H and O–H groups in total. The highest BCUT2D eigenvalue weighted by Gasteiger charge is 2.38. The Morgan fingerprint density at radius 2 is 1.38 bits per heavy atom. The van der Waals surface area contributed by atoms with Gasteiger partial charge >= 0.3 is 0 Å². The second-order valence-corrected chi connectivity index (χ2v) is 7.07. The molecule has 4 rings (SSSR count). The zero-order chi connectivity index (χ0) is 20.4. The van der Waals surface area contributed by atoms with Gasteiger partial charge in [0.1, 0.15) is 6.04 Å². The van der Waals surface area contributed by atoms with Crippen LogP contribution in [-0.4, -0.2) is 25.0 Å². The number of nitrogens with one attached hydrogen (secondary N) is 1. The molecule has 1 aliphatic rings. The second kappa shape index (κ2) is 7.89. The monoisotopic (exact) mass is 386 g/mol. The van der Waals surface area contributed by atoms with Crippen LogP contribution in [0.3, 0.4) is 0 Å². The lowest BCUT2D eigenvalue weighted by atomic mass is 9.88. The van der Waals surface area contributed by atoms with Crippen LogP contribution in [0.1, 0.15) is 28.7 Å². The number of carbonyl (C=O) groups excluding carboxylic acids is 2. The number of primary amides is 1. The molecule has 0 unspecified atom stereocenters. The summed E-state index contributed by atoms with van der Waals surface area (Å²) in [7, 11) is 1.47. The molecule has 0 heterocycles. The van der Waals surface area contributed by atoms with E-state index in [-0.39, 0.29) is 5.92 Å². The number of amides is 2. The molecule has 0 fully saturated rings. The summed E-state index contributed by atoms with van der Waals surface area (Å²) < 4.78 is 5.42. The maximum Gasteiger partial charge on any atom is 0.254 e. The van der Waals surface area contributed by atoms with Crippen LogP contribution in [0.5, 0.6) is 0 Å². The van der Waals surface area contributed by atoms with Crippen molar-refractivity contribution in [1.29, 1.82) is 0 Å². The van der Waals surface area contributed by atoms with Crippen LogP contribution in [-0.2, 0) is 14.3 Å². The molecule has 0 radical (unpaired) electrons. The van der Waals surface area contributed by atoms with E-state index < -0.39 is 24.0 Å². The third kappa shape index (κ3) is 3.41. The van der Waals surface area contributed by atoms with Gasteiger partial charge in [-0.1, -0.05) is 78.9 Å². The van der Waals surface area contributed by atoms with Crippen LogP contribution >= 0.6 is 0 Å². The Kier molecular flexibility index (Phi) is 5.14. The normalized spacial score (nSPS) is 14.5.